The van der Waals surface area contributed by atoms with Crippen LogP contribution in [0.2, 0.25) is 0 Å². The molecule has 0 bridgehead atoms. The third-order valence-electron chi connectivity index (χ3n) is 7.04. The van der Waals surface area contributed by atoms with Crippen molar-refractivity contribution in [2.75, 3.05) is 56.9 Å². The molecule has 0 saturated carbocycles. The minimum atomic E-state index is -3.81. The largest absolute Gasteiger partial charge is 0.493 e. The lowest BCUT2D eigenvalue weighted by Crippen LogP contribution is -2.12. The van der Waals surface area contributed by atoms with E-state index in [1.54, 1.807) is 40.2 Å². The minimum absolute atomic E-state index is 0.000120. The fraction of sp³-hybridized carbons (Fsp3) is 0.250. The lowest BCUT2D eigenvalue weighted by molar-refractivity contribution is 0.343. The Bertz CT molecular complexity index is 1700. The summed E-state index contributed by atoms with van der Waals surface area (Å²) in [4.78, 5) is 1.91. The van der Waals surface area contributed by atoms with E-state index in [0.717, 1.165) is 21.3 Å². The number of hydrogen-bond donors (Lipinski definition) is 0. The number of benzene rings is 4. The van der Waals surface area contributed by atoms with Gasteiger partial charge in [0, 0.05) is 48.5 Å². The van der Waals surface area contributed by atoms with Gasteiger partial charge >= 0.3 is 0 Å². The van der Waals surface area contributed by atoms with Crippen LogP contribution >= 0.6 is 11.8 Å². The highest BCUT2D eigenvalue weighted by atomic mass is 32.2. The summed E-state index contributed by atoms with van der Waals surface area (Å²) in [5.41, 5.74) is 0. The van der Waals surface area contributed by atoms with Crippen molar-refractivity contribution in [1.29, 1.82) is 0 Å². The second kappa shape index (κ2) is 13.3. The van der Waals surface area contributed by atoms with Crippen LogP contribution in [-0.4, -0.2) is 65.3 Å². The summed E-state index contributed by atoms with van der Waals surface area (Å²) in [6, 6.07) is 13.2. The fourth-order valence-corrected chi connectivity index (χ4v) is 7.20. The van der Waals surface area contributed by atoms with Crippen LogP contribution in [0, 0.1) is 0 Å². The lowest BCUT2D eigenvalue weighted by Gasteiger charge is -2.23. The molecule has 0 radical (unpaired) electrons. The van der Waals surface area contributed by atoms with Crippen LogP contribution in [0.3, 0.4) is 0 Å². The van der Waals surface area contributed by atoms with Crippen LogP contribution in [0.5, 0.6) is 69.0 Å². The van der Waals surface area contributed by atoms with Crippen LogP contribution in [0.1, 0.15) is 0 Å². The molecule has 0 unspecified atom stereocenters. The molecule has 0 amide bonds. The van der Waals surface area contributed by atoms with Crippen LogP contribution in [0.25, 0.3) is 0 Å². The topological polar surface area (TPSA) is 126 Å². The zero-order valence-electron chi connectivity index (χ0n) is 26.3. The summed E-state index contributed by atoms with van der Waals surface area (Å²) in [7, 11) is 8.40. The van der Waals surface area contributed by atoms with E-state index >= 15 is 0 Å². The first-order valence-electron chi connectivity index (χ1n) is 13.5. The molecule has 0 aliphatic carbocycles. The average Bonchev–Trinajstić information content (AvgIpc) is 3.08. The molecule has 2 heterocycles. The Morgan fingerprint density at radius 3 is 1.00 bits per heavy atom. The van der Waals surface area contributed by atoms with Crippen molar-refractivity contribution in [1.82, 2.24) is 0 Å². The smallest absolute Gasteiger partial charge is 0.214 e. The van der Waals surface area contributed by atoms with Gasteiger partial charge in [-0.2, -0.15) is 0 Å². The van der Waals surface area contributed by atoms with Crippen LogP contribution in [0.15, 0.2) is 68.1 Å². The molecule has 4 aromatic carbocycles. The lowest BCUT2D eigenvalue weighted by atomic mass is 10.2. The number of ether oxygens (including phenoxy) is 10. The van der Waals surface area contributed by atoms with E-state index in [4.69, 9.17) is 47.4 Å². The van der Waals surface area contributed by atoms with Gasteiger partial charge in [0.25, 0.3) is 0 Å². The molecule has 2 aliphatic rings. The number of methoxy groups -OCH3 is 8. The molecule has 0 aromatic heterocycles. The van der Waals surface area contributed by atoms with Gasteiger partial charge in [0.05, 0.1) is 66.7 Å². The van der Waals surface area contributed by atoms with Gasteiger partial charge in [-0.1, -0.05) is 11.8 Å². The van der Waals surface area contributed by atoms with Gasteiger partial charge in [-0.25, -0.2) is 8.42 Å². The van der Waals surface area contributed by atoms with Crippen molar-refractivity contribution in [2.45, 2.75) is 19.6 Å². The third kappa shape index (κ3) is 5.81. The van der Waals surface area contributed by atoms with E-state index in [9.17, 15) is 8.42 Å². The predicted molar refractivity (Wildman–Crippen MR) is 168 cm³/mol. The van der Waals surface area contributed by atoms with Gasteiger partial charge < -0.3 is 47.4 Å². The van der Waals surface area contributed by atoms with E-state index in [2.05, 4.69) is 0 Å². The highest BCUT2D eigenvalue weighted by Gasteiger charge is 2.35. The maximum atomic E-state index is 13.0. The minimum Gasteiger partial charge on any atom is -0.493 e. The molecule has 0 fully saturated rings. The zero-order valence-corrected chi connectivity index (χ0v) is 28.0. The van der Waals surface area contributed by atoms with Crippen molar-refractivity contribution in [2.24, 2.45) is 0 Å². The van der Waals surface area contributed by atoms with Crippen molar-refractivity contribution >= 4 is 21.6 Å². The predicted octanol–water partition coefficient (Wildman–Crippen LogP) is 6.64. The Kier molecular flexibility index (Phi) is 9.39. The Morgan fingerprint density at radius 1 is 0.413 bits per heavy atom. The van der Waals surface area contributed by atoms with E-state index in [1.165, 1.54) is 52.7 Å². The molecule has 0 N–H and O–H groups in total. The molecule has 6 rings (SSSR count). The summed E-state index contributed by atoms with van der Waals surface area (Å²) >= 11 is 1.58. The summed E-state index contributed by atoms with van der Waals surface area (Å²) in [6.07, 6.45) is 0. The first kappa shape index (κ1) is 32.6. The molecular weight excluding hydrogens is 640 g/mol. The average molecular weight is 673 g/mol. The Balaban J connectivity index is 0.000000182. The molecule has 0 saturated heterocycles. The molecule has 0 spiro atoms. The van der Waals surface area contributed by atoms with E-state index in [1.807, 2.05) is 24.3 Å². The van der Waals surface area contributed by atoms with Gasteiger partial charge in [0.2, 0.25) is 9.84 Å². The van der Waals surface area contributed by atoms with Gasteiger partial charge in [-0.15, -0.1) is 0 Å². The summed E-state index contributed by atoms with van der Waals surface area (Å²) < 4.78 is 79.7. The second-order valence-electron chi connectivity index (χ2n) is 9.43. The molecule has 4 aromatic rings. The monoisotopic (exact) mass is 672 g/mol. The van der Waals surface area contributed by atoms with Gasteiger partial charge in [0.1, 0.15) is 21.3 Å². The quantitative estimate of drug-likeness (QED) is 0.172. The molecular formula is C32H32O12S2. The number of hydrogen-bond acceptors (Lipinski definition) is 13. The molecule has 244 valence electrons. The van der Waals surface area contributed by atoms with Crippen molar-refractivity contribution in [3.8, 4) is 69.0 Å². The fourth-order valence-electron chi connectivity index (χ4n) is 4.74. The normalized spacial score (nSPS) is 13.0. The molecule has 0 atom stereocenters. The molecule has 2 aliphatic heterocycles. The second-order valence-corrected chi connectivity index (χ2v) is 12.4. The summed E-state index contributed by atoms with van der Waals surface area (Å²) in [5, 5.41) is 0. The van der Waals surface area contributed by atoms with Crippen molar-refractivity contribution in [3.63, 3.8) is 0 Å². The van der Waals surface area contributed by atoms with E-state index in [0.29, 0.717) is 46.0 Å². The number of fused-ring (bicyclic) bond motifs is 4. The van der Waals surface area contributed by atoms with Crippen LogP contribution < -0.4 is 47.4 Å². The van der Waals surface area contributed by atoms with Gasteiger partial charge in [0.15, 0.2) is 57.5 Å². The highest BCUT2D eigenvalue weighted by Crippen LogP contribution is 2.53. The van der Waals surface area contributed by atoms with Crippen molar-refractivity contribution < 1.29 is 55.8 Å². The Morgan fingerprint density at radius 2 is 0.674 bits per heavy atom. The first-order valence-corrected chi connectivity index (χ1v) is 15.8. The number of sulfone groups is 1. The molecule has 14 heteroatoms. The summed E-state index contributed by atoms with van der Waals surface area (Å²) in [5.74, 6) is 5.70. The van der Waals surface area contributed by atoms with Crippen LogP contribution in [-0.2, 0) is 9.84 Å². The van der Waals surface area contributed by atoms with Gasteiger partial charge in [-0.3, -0.25) is 0 Å². The zero-order chi connectivity index (χ0) is 33.2. The summed E-state index contributed by atoms with van der Waals surface area (Å²) in [6.45, 7) is 0. The van der Waals surface area contributed by atoms with E-state index < -0.39 is 9.84 Å². The van der Waals surface area contributed by atoms with Crippen LogP contribution in [0.4, 0.5) is 0 Å². The first-order chi connectivity index (χ1) is 22.1. The molecule has 46 heavy (non-hydrogen) atoms. The third-order valence-corrected chi connectivity index (χ3v) is 9.91. The highest BCUT2D eigenvalue weighted by molar-refractivity contribution is 7.99. The van der Waals surface area contributed by atoms with Gasteiger partial charge in [-0.05, 0) is 0 Å². The van der Waals surface area contributed by atoms with E-state index in [-0.39, 0.29) is 21.3 Å². The SMILES string of the molecule is COc1cc2c(cc1OC)S(=O)(=O)c1cc(OC)c(OC)cc1O2.COc1cc2c(cc1OC)Sc1cc(OC)c(OC)cc1O2. The number of rotatable bonds is 8. The maximum absolute atomic E-state index is 13.0. The standard InChI is InChI=1S/C16H16O7S.C16H16O5S/c1-19-9-5-13-15(7-11(9)21-3)24(17,18)16-8-12(22-4)10(20-2)6-14(16)23-13;1-17-9-5-13-15(7-11(9)19-3)22-16-8-12(20-4)10(18-2)6-14(16)21-13/h5-8H,1-4H3;5-8H,1-4H3. The maximum Gasteiger partial charge on any atom is 0.214 e. The Hall–Kier alpha value is -4.82. The molecule has 12 nitrogen and oxygen atoms in total. The Labute approximate surface area is 270 Å². The van der Waals surface area contributed by atoms with Crippen molar-refractivity contribution in [3.05, 3.63) is 48.5 Å².